The third kappa shape index (κ3) is 95.7. The molecule has 6 nitrogen and oxygen atoms in total. The summed E-state index contributed by atoms with van der Waals surface area (Å²) in [6.07, 6.45) is 140. The molecular weight excluding hydrogens is 1640 g/mol. The van der Waals surface area contributed by atoms with E-state index in [1.165, 1.54) is 628 Å². The summed E-state index contributed by atoms with van der Waals surface area (Å²) in [5.41, 5.74) is 1.91. The van der Waals surface area contributed by atoms with Gasteiger partial charge in [-0.15, -0.1) is 0 Å². The molecule has 0 atom stereocenters. The fraction of sp³-hybridized carbons (Fsp3) is 0.893. The molecule has 0 spiro atoms. The van der Waals surface area contributed by atoms with Gasteiger partial charge in [0.15, 0.2) is 0 Å². The average molecular weight is 1850 g/mol. The Morgan fingerprint density at radius 2 is 0.264 bits per heavy atom. The summed E-state index contributed by atoms with van der Waals surface area (Å²) >= 11 is 0. The van der Waals surface area contributed by atoms with E-state index in [9.17, 15) is 25.9 Å². The van der Waals surface area contributed by atoms with Crippen molar-refractivity contribution in [3.05, 3.63) is 59.7 Å². The predicted octanol–water partition coefficient (Wildman–Crippen LogP) is 39.4. The van der Waals surface area contributed by atoms with Gasteiger partial charge in [0.25, 0.3) is 0 Å². The first-order valence-electron chi connectivity index (χ1n) is 55.2. The maximum Gasteiger partial charge on any atom is 2.00 e. The van der Waals surface area contributed by atoms with Crippen molar-refractivity contribution < 1.29 is 25.9 Å². The second-order valence-corrected chi connectivity index (χ2v) is 41.7. The van der Waals surface area contributed by atoms with Crippen molar-refractivity contribution in [2.24, 2.45) is 0 Å². The van der Waals surface area contributed by atoms with Gasteiger partial charge in [0, 0.05) is 0 Å². The summed E-state index contributed by atoms with van der Waals surface area (Å²) in [4.78, 5) is -0.208. The van der Waals surface area contributed by atoms with Crippen molar-refractivity contribution in [2.45, 2.75) is 653 Å². The van der Waals surface area contributed by atoms with Crippen LogP contribution in [-0.4, -0.2) is 74.8 Å². The predicted molar refractivity (Wildman–Crippen MR) is 537 cm³/mol. The van der Waals surface area contributed by atoms with E-state index in [0.29, 0.717) is 0 Å². The van der Waals surface area contributed by atoms with Gasteiger partial charge in [-0.2, -0.15) is 0 Å². The topological polar surface area (TPSA) is 114 Å². The molecule has 2 aromatic carbocycles. The van der Waals surface area contributed by atoms with Crippen molar-refractivity contribution >= 4 is 69.1 Å². The van der Waals surface area contributed by atoms with Crippen LogP contribution in [0.25, 0.3) is 0 Å². The minimum atomic E-state index is -4.35. The molecule has 0 fully saturated rings. The summed E-state index contributed by atoms with van der Waals surface area (Å²) in [7, 11) is -8.70. The Hall–Kier alpha value is -0.169. The smallest absolute Gasteiger partial charge is 0.744 e. The SMILES string of the molecule is CCCCCCCCCCCCCCCCCCCCCCCCCCCCCCCCCCCCCCCCCCCCCCCCCCc1cccc(S(=O)(=O)[O-])c1.CCCCCCCCCCCCCCCCCCCCCCCCCCCCCCCCCCCCCCCCCCCCCCCCCCc1cccc(S(=O)(=O)[O-])c1.[Ba+2]. The van der Waals surface area contributed by atoms with Crippen LogP contribution in [-0.2, 0) is 33.1 Å². The van der Waals surface area contributed by atoms with E-state index in [1.54, 1.807) is 12.1 Å². The first-order chi connectivity index (χ1) is 59.1. The summed E-state index contributed by atoms with van der Waals surface area (Å²) in [6.45, 7) is 4.62. The van der Waals surface area contributed by atoms with Gasteiger partial charge in [0.1, 0.15) is 20.2 Å². The third-order valence-corrected chi connectivity index (χ3v) is 28.7. The molecule has 2 rings (SSSR count). The number of rotatable bonds is 100. The summed E-state index contributed by atoms with van der Waals surface area (Å²) in [6, 6.07) is 13.0. The van der Waals surface area contributed by atoms with Crippen LogP contribution < -0.4 is 0 Å². The van der Waals surface area contributed by atoms with Gasteiger partial charge in [0.05, 0.1) is 9.79 Å². The van der Waals surface area contributed by atoms with E-state index in [2.05, 4.69) is 13.8 Å². The van der Waals surface area contributed by atoms with Crippen LogP contribution >= 0.6 is 0 Å². The molecular formula is C112H210BaO6S2. The van der Waals surface area contributed by atoms with Gasteiger partial charge in [-0.05, 0) is 61.1 Å². The Morgan fingerprint density at radius 1 is 0.165 bits per heavy atom. The Bertz CT molecular complexity index is 2350. The fourth-order valence-electron chi connectivity index (χ4n) is 18.8. The van der Waals surface area contributed by atoms with E-state index < -0.39 is 20.2 Å². The van der Waals surface area contributed by atoms with Crippen LogP contribution in [0.5, 0.6) is 0 Å². The molecule has 708 valence electrons. The van der Waals surface area contributed by atoms with Crippen molar-refractivity contribution in [1.82, 2.24) is 0 Å². The Morgan fingerprint density at radius 3 is 0.364 bits per heavy atom. The van der Waals surface area contributed by atoms with Crippen molar-refractivity contribution in [2.75, 3.05) is 0 Å². The molecule has 0 aliphatic carbocycles. The van der Waals surface area contributed by atoms with E-state index in [0.717, 1.165) is 36.8 Å². The maximum absolute atomic E-state index is 11.2. The quantitative estimate of drug-likeness (QED) is 0.0370. The zero-order chi connectivity index (χ0) is 86.3. The van der Waals surface area contributed by atoms with E-state index >= 15 is 0 Å². The van der Waals surface area contributed by atoms with Gasteiger partial charge in [-0.1, -0.05) is 642 Å². The molecule has 0 aromatic heterocycles. The molecule has 0 heterocycles. The molecule has 0 radical (unpaired) electrons. The van der Waals surface area contributed by atoms with Crippen LogP contribution in [0, 0.1) is 0 Å². The second kappa shape index (κ2) is 100. The first-order valence-corrected chi connectivity index (χ1v) is 58.0. The molecule has 0 bridgehead atoms. The summed E-state index contributed by atoms with van der Waals surface area (Å²) in [5, 5.41) is 0. The Labute approximate surface area is 800 Å². The van der Waals surface area contributed by atoms with Crippen LogP contribution in [0.4, 0.5) is 0 Å². The molecule has 0 unspecified atom stereocenters. The molecule has 121 heavy (non-hydrogen) atoms. The number of hydrogen-bond acceptors (Lipinski definition) is 6. The first kappa shape index (κ1) is 121. The van der Waals surface area contributed by atoms with Crippen LogP contribution in [0.3, 0.4) is 0 Å². The molecule has 0 aliphatic rings. The van der Waals surface area contributed by atoms with Gasteiger partial charge in [0.2, 0.25) is 0 Å². The Balaban J connectivity index is 0.00000236. The molecule has 0 saturated heterocycles. The number of unbranched alkanes of at least 4 members (excludes halogenated alkanes) is 94. The van der Waals surface area contributed by atoms with Crippen LogP contribution in [0.1, 0.15) is 641 Å². The standard InChI is InChI=1S/2C56H106O3S.Ba/c2*1-2-3-4-5-6-7-8-9-10-11-12-13-14-15-16-17-18-19-20-21-22-23-24-25-26-27-28-29-30-31-32-33-34-35-36-37-38-39-40-41-42-43-44-45-46-47-48-49-51-55-52-50-53-56(54-55)60(57,58)59;/h2*50,52-54H,2-49,51H2,1H3,(H,57,58,59);/q;;+2/p-2. The third-order valence-electron chi connectivity index (χ3n) is 27.0. The molecule has 9 heteroatoms. The van der Waals surface area contributed by atoms with Crippen molar-refractivity contribution in [3.8, 4) is 0 Å². The second-order valence-electron chi connectivity index (χ2n) is 38.9. The van der Waals surface area contributed by atoms with Gasteiger partial charge >= 0.3 is 48.9 Å². The molecule has 2 aromatic rings. The maximum atomic E-state index is 11.2. The Kier molecular flexibility index (Phi) is 100. The van der Waals surface area contributed by atoms with E-state index in [1.807, 2.05) is 12.1 Å². The molecule has 0 N–H and O–H groups in total. The van der Waals surface area contributed by atoms with Gasteiger partial charge < -0.3 is 9.11 Å². The number of aryl methyl sites for hydroxylation is 2. The van der Waals surface area contributed by atoms with Gasteiger partial charge in [-0.3, -0.25) is 0 Å². The zero-order valence-electron chi connectivity index (χ0n) is 81.9. The van der Waals surface area contributed by atoms with Crippen molar-refractivity contribution in [1.29, 1.82) is 0 Å². The zero-order valence-corrected chi connectivity index (χ0v) is 88.0. The number of hydrogen-bond donors (Lipinski definition) is 0. The van der Waals surface area contributed by atoms with Crippen LogP contribution in [0.15, 0.2) is 58.3 Å². The minimum Gasteiger partial charge on any atom is -0.744 e. The van der Waals surface area contributed by atoms with Gasteiger partial charge in [-0.25, -0.2) is 16.8 Å². The van der Waals surface area contributed by atoms with E-state index in [-0.39, 0.29) is 58.7 Å². The monoisotopic (exact) mass is 1850 g/mol. The van der Waals surface area contributed by atoms with Crippen LogP contribution in [0.2, 0.25) is 0 Å². The normalized spacial score (nSPS) is 11.8. The molecule has 0 saturated carbocycles. The molecule has 0 aliphatic heterocycles. The average Bonchev–Trinajstić information content (AvgIpc) is 0.862. The minimum absolute atomic E-state index is 0. The number of benzene rings is 2. The largest absolute Gasteiger partial charge is 2.00 e. The van der Waals surface area contributed by atoms with Crippen molar-refractivity contribution in [3.63, 3.8) is 0 Å². The van der Waals surface area contributed by atoms with E-state index in [4.69, 9.17) is 0 Å². The summed E-state index contributed by atoms with van der Waals surface area (Å²) in [5.74, 6) is 0. The molecule has 0 amide bonds. The summed E-state index contributed by atoms with van der Waals surface area (Å²) < 4.78 is 67.1. The fourth-order valence-corrected chi connectivity index (χ4v) is 19.9.